The van der Waals surface area contributed by atoms with Crippen molar-refractivity contribution in [2.24, 2.45) is 0 Å². The fraction of sp³-hybridized carbons (Fsp3) is 0. The van der Waals surface area contributed by atoms with Gasteiger partial charge in [0.1, 0.15) is 0 Å². The smallest absolute Gasteiger partial charge is 0.169 e. The largest absolute Gasteiger partial charge is 0.399 e. The third-order valence-corrected chi connectivity index (χ3v) is 3.76. The molecule has 0 aliphatic carbocycles. The van der Waals surface area contributed by atoms with Crippen LogP contribution in [0.2, 0.25) is 0 Å². The van der Waals surface area contributed by atoms with Crippen molar-refractivity contribution >= 4 is 43.2 Å². The van der Waals surface area contributed by atoms with Crippen LogP contribution >= 0.6 is 31.9 Å². The normalized spacial score (nSPS) is 11.0. The lowest BCUT2D eigenvalue weighted by atomic mass is 10.2. The molecule has 0 saturated heterocycles. The van der Waals surface area contributed by atoms with E-state index in [9.17, 15) is 0 Å². The zero-order valence-corrected chi connectivity index (χ0v) is 12.3. The Morgan fingerprint density at radius 2 is 1.89 bits per heavy atom. The first-order chi connectivity index (χ1) is 8.65. The lowest BCUT2D eigenvalue weighted by molar-refractivity contribution is 1.11. The Morgan fingerprint density at radius 3 is 2.72 bits per heavy atom. The molecule has 3 rings (SSSR count). The van der Waals surface area contributed by atoms with Gasteiger partial charge < -0.3 is 5.73 Å². The summed E-state index contributed by atoms with van der Waals surface area (Å²) in [5.41, 5.74) is 8.23. The molecule has 1 aromatic carbocycles. The molecule has 0 amide bonds. The van der Waals surface area contributed by atoms with Crippen molar-refractivity contribution in [3.63, 3.8) is 0 Å². The molecule has 2 N–H and O–H groups in total. The van der Waals surface area contributed by atoms with E-state index in [0.29, 0.717) is 5.69 Å². The van der Waals surface area contributed by atoms with Crippen molar-refractivity contribution in [1.82, 2.24) is 14.6 Å². The summed E-state index contributed by atoms with van der Waals surface area (Å²) in [5.74, 6) is 0.755. The van der Waals surface area contributed by atoms with Gasteiger partial charge in [0.15, 0.2) is 11.5 Å². The Labute approximate surface area is 120 Å². The topological polar surface area (TPSA) is 56.2 Å². The van der Waals surface area contributed by atoms with Crippen molar-refractivity contribution in [1.29, 1.82) is 0 Å². The van der Waals surface area contributed by atoms with Gasteiger partial charge in [0.05, 0.1) is 0 Å². The third-order valence-electron chi connectivity index (χ3n) is 2.60. The van der Waals surface area contributed by atoms with Crippen LogP contribution in [0, 0.1) is 0 Å². The molecule has 0 aliphatic rings. The average molecular weight is 368 g/mol. The summed E-state index contributed by atoms with van der Waals surface area (Å²) < 4.78 is 3.82. The van der Waals surface area contributed by atoms with Crippen LogP contribution in [0.15, 0.2) is 45.5 Å². The van der Waals surface area contributed by atoms with Gasteiger partial charge in [-0.1, -0.05) is 15.9 Å². The quantitative estimate of drug-likeness (QED) is 0.669. The highest BCUT2D eigenvalue weighted by molar-refractivity contribution is 9.10. The zero-order valence-electron chi connectivity index (χ0n) is 9.14. The number of nitrogens with two attached hydrogens (primary N) is 1. The Balaban J connectivity index is 2.31. The highest BCUT2D eigenvalue weighted by Gasteiger charge is 2.11. The van der Waals surface area contributed by atoms with E-state index in [4.69, 9.17) is 5.73 Å². The first-order valence-corrected chi connectivity index (χ1v) is 6.79. The summed E-state index contributed by atoms with van der Waals surface area (Å²) in [5, 5.41) is 8.35. The maximum atomic E-state index is 5.82. The third kappa shape index (κ3) is 1.91. The maximum absolute atomic E-state index is 5.82. The number of nitrogen functional groups attached to an aromatic ring is 1. The molecule has 90 valence electrons. The molecule has 0 spiro atoms. The van der Waals surface area contributed by atoms with Gasteiger partial charge in [-0.05, 0) is 46.3 Å². The predicted molar refractivity (Wildman–Crippen MR) is 78.2 cm³/mol. The summed E-state index contributed by atoms with van der Waals surface area (Å²) in [6.45, 7) is 0. The van der Waals surface area contributed by atoms with E-state index in [1.807, 2.05) is 40.9 Å². The molecule has 0 saturated carbocycles. The fourth-order valence-electron chi connectivity index (χ4n) is 1.76. The van der Waals surface area contributed by atoms with Crippen LogP contribution < -0.4 is 5.73 Å². The summed E-state index contributed by atoms with van der Waals surface area (Å²) in [4.78, 5) is 0. The standard InChI is InChI=1S/C12H8Br2N4/c13-7-1-4-11-16-17-12(18(11)6-7)9-5-8(15)2-3-10(9)14/h1-6H,15H2. The number of fused-ring (bicyclic) bond motifs is 1. The van der Waals surface area contributed by atoms with E-state index >= 15 is 0 Å². The molecule has 3 aromatic rings. The summed E-state index contributed by atoms with van der Waals surface area (Å²) >= 11 is 6.95. The predicted octanol–water partition coefficient (Wildman–Crippen LogP) is 3.50. The average Bonchev–Trinajstić information content (AvgIpc) is 2.75. The van der Waals surface area contributed by atoms with Gasteiger partial charge in [0.2, 0.25) is 0 Å². The molecule has 0 fully saturated rings. The Hall–Kier alpha value is -1.40. The minimum absolute atomic E-state index is 0.694. The summed E-state index contributed by atoms with van der Waals surface area (Å²) in [6, 6.07) is 9.46. The lowest BCUT2D eigenvalue weighted by Crippen LogP contribution is -1.92. The molecule has 2 aromatic heterocycles. The molecule has 0 unspecified atom stereocenters. The van der Waals surface area contributed by atoms with Gasteiger partial charge in [-0.15, -0.1) is 10.2 Å². The second-order valence-corrected chi connectivity index (χ2v) is 5.61. The molecule has 4 nitrogen and oxygen atoms in total. The SMILES string of the molecule is Nc1ccc(Br)c(-c2nnc3ccc(Br)cn23)c1. The highest BCUT2D eigenvalue weighted by atomic mass is 79.9. The number of benzene rings is 1. The van der Waals surface area contributed by atoms with Crippen molar-refractivity contribution < 1.29 is 0 Å². The number of hydrogen-bond donors (Lipinski definition) is 1. The van der Waals surface area contributed by atoms with Crippen molar-refractivity contribution in [3.05, 3.63) is 45.5 Å². The van der Waals surface area contributed by atoms with E-state index in [-0.39, 0.29) is 0 Å². The number of halogens is 2. The maximum Gasteiger partial charge on any atom is 0.169 e. The van der Waals surface area contributed by atoms with E-state index < -0.39 is 0 Å². The zero-order chi connectivity index (χ0) is 12.7. The molecule has 0 bridgehead atoms. The van der Waals surface area contributed by atoms with Crippen LogP contribution in [0.1, 0.15) is 0 Å². The van der Waals surface area contributed by atoms with Crippen LogP contribution in [-0.2, 0) is 0 Å². The highest BCUT2D eigenvalue weighted by Crippen LogP contribution is 2.29. The van der Waals surface area contributed by atoms with Gasteiger partial charge in [-0.2, -0.15) is 0 Å². The van der Waals surface area contributed by atoms with E-state index in [2.05, 4.69) is 42.1 Å². The Morgan fingerprint density at radius 1 is 1.06 bits per heavy atom. The molecule has 0 atom stereocenters. The number of nitrogens with zero attached hydrogens (tertiary/aromatic N) is 3. The van der Waals surface area contributed by atoms with Gasteiger partial charge in [0, 0.05) is 26.4 Å². The Kier molecular flexibility index (Phi) is 2.83. The molecule has 18 heavy (non-hydrogen) atoms. The summed E-state index contributed by atoms with van der Waals surface area (Å²) in [7, 11) is 0. The van der Waals surface area contributed by atoms with Crippen molar-refractivity contribution in [2.45, 2.75) is 0 Å². The lowest BCUT2D eigenvalue weighted by Gasteiger charge is -2.04. The molecular weight excluding hydrogens is 360 g/mol. The summed E-state index contributed by atoms with van der Waals surface area (Å²) in [6.07, 6.45) is 1.93. The minimum Gasteiger partial charge on any atom is -0.399 e. The fourth-order valence-corrected chi connectivity index (χ4v) is 2.52. The van der Waals surface area contributed by atoms with E-state index in [1.54, 1.807) is 0 Å². The van der Waals surface area contributed by atoms with Crippen molar-refractivity contribution in [3.8, 4) is 11.4 Å². The van der Waals surface area contributed by atoms with Crippen LogP contribution in [0.25, 0.3) is 17.0 Å². The minimum atomic E-state index is 0.694. The number of anilines is 1. The van der Waals surface area contributed by atoms with E-state index in [0.717, 1.165) is 26.0 Å². The number of hydrogen-bond acceptors (Lipinski definition) is 3. The van der Waals surface area contributed by atoms with Crippen LogP contribution in [0.5, 0.6) is 0 Å². The van der Waals surface area contributed by atoms with Gasteiger partial charge in [0.25, 0.3) is 0 Å². The van der Waals surface area contributed by atoms with Gasteiger partial charge >= 0.3 is 0 Å². The molecule has 0 radical (unpaired) electrons. The number of aromatic nitrogens is 3. The Bertz CT molecular complexity index is 736. The number of rotatable bonds is 1. The van der Waals surface area contributed by atoms with Crippen LogP contribution in [-0.4, -0.2) is 14.6 Å². The second kappa shape index (κ2) is 4.37. The molecule has 2 heterocycles. The first kappa shape index (κ1) is 11.7. The molecule has 6 heteroatoms. The van der Waals surface area contributed by atoms with Crippen LogP contribution in [0.4, 0.5) is 5.69 Å². The number of pyridine rings is 1. The van der Waals surface area contributed by atoms with Crippen molar-refractivity contribution in [2.75, 3.05) is 5.73 Å². The molecule has 0 aliphatic heterocycles. The van der Waals surface area contributed by atoms with Crippen LogP contribution in [0.3, 0.4) is 0 Å². The first-order valence-electron chi connectivity index (χ1n) is 5.21. The van der Waals surface area contributed by atoms with E-state index in [1.165, 1.54) is 0 Å². The van der Waals surface area contributed by atoms with Gasteiger partial charge in [-0.3, -0.25) is 4.40 Å². The second-order valence-electron chi connectivity index (χ2n) is 3.84. The van der Waals surface area contributed by atoms with Gasteiger partial charge in [-0.25, -0.2) is 0 Å². The monoisotopic (exact) mass is 366 g/mol. The molecular formula is C12H8Br2N4.